The number of allylic oxidation sites excluding steroid dienone is 4. The molecule has 0 bridgehead atoms. The van der Waals surface area contributed by atoms with Crippen molar-refractivity contribution in [1.82, 2.24) is 0 Å². The Morgan fingerprint density at radius 1 is 0.609 bits per heavy atom. The molecule has 46 heavy (non-hydrogen) atoms. The Labute approximate surface area is 293 Å². The van der Waals surface area contributed by atoms with Crippen molar-refractivity contribution in [3.63, 3.8) is 0 Å². The second-order valence-electron chi connectivity index (χ2n) is 15.1. The Hall–Kier alpha value is -2.13. The van der Waals surface area contributed by atoms with Crippen molar-refractivity contribution in [2.24, 2.45) is 0 Å². The summed E-state index contributed by atoms with van der Waals surface area (Å²) in [6.07, 6.45) is 7.77. The third-order valence-corrected chi connectivity index (χ3v) is 26.9. The number of benzene rings is 1. The minimum atomic E-state index is -1.94. The molecule has 0 amide bonds. The van der Waals surface area contributed by atoms with Gasteiger partial charge in [-0.2, -0.15) is 0 Å². The van der Waals surface area contributed by atoms with E-state index < -0.39 is 16.1 Å². The van der Waals surface area contributed by atoms with Crippen LogP contribution in [0.1, 0.15) is 106 Å². The first-order valence-electron chi connectivity index (χ1n) is 17.2. The molecule has 5 rings (SSSR count). The highest BCUT2D eigenvalue weighted by Gasteiger charge is 2.43. The number of hydrogen-bond donors (Lipinski definition) is 0. The van der Waals surface area contributed by atoms with E-state index in [4.69, 9.17) is 0 Å². The lowest BCUT2D eigenvalue weighted by molar-refractivity contribution is 0.838. The normalized spacial score (nSPS) is 14.0. The molecule has 0 N–H and O–H groups in total. The van der Waals surface area contributed by atoms with E-state index in [9.17, 15) is 0 Å². The van der Waals surface area contributed by atoms with Gasteiger partial charge in [-0.05, 0) is 68.8 Å². The van der Waals surface area contributed by atoms with Gasteiger partial charge in [0.15, 0.2) is 0 Å². The SMILES string of the molecule is CC(C)[Si](C#Cc1c2cc(-c3cccs3)sc2c(C#C[Si](C(C)C)(C(C)C)C(C)C)c2cc(C3=CC=CC3)sc12)(C(C)C)C(C)C. The number of fused-ring (bicyclic) bond motifs is 2. The summed E-state index contributed by atoms with van der Waals surface area (Å²) in [4.78, 5) is 4.02. The van der Waals surface area contributed by atoms with Gasteiger partial charge in [0.1, 0.15) is 16.1 Å². The van der Waals surface area contributed by atoms with E-state index in [0.29, 0.717) is 33.2 Å². The first-order valence-corrected chi connectivity index (χ1v) is 24.2. The maximum Gasteiger partial charge on any atom is 0.146 e. The number of hydrogen-bond acceptors (Lipinski definition) is 3. The van der Waals surface area contributed by atoms with Gasteiger partial charge < -0.3 is 0 Å². The standard InChI is InChI=1S/C41H52S3Si2/c1-26(2)45(27(3)4,28(5)6)22-19-33-35-24-38(32-16-13-14-17-32)43-40(35)34(20-23-46(29(7)8,30(9)10)31(11)12)36-25-39(44-41(33)36)37-18-15-21-42-37/h13-16,18,21,24-31H,17H2,1-12H3. The van der Waals surface area contributed by atoms with Crippen LogP contribution < -0.4 is 0 Å². The van der Waals surface area contributed by atoms with Crippen LogP contribution in [-0.2, 0) is 0 Å². The average molecular weight is 697 g/mol. The fraction of sp³-hybridized carbons (Fsp3) is 0.463. The molecule has 0 nitrogen and oxygen atoms in total. The van der Waals surface area contributed by atoms with Crippen molar-refractivity contribution in [1.29, 1.82) is 0 Å². The zero-order chi connectivity index (χ0) is 33.6. The van der Waals surface area contributed by atoms with E-state index in [-0.39, 0.29) is 0 Å². The Kier molecular flexibility index (Phi) is 10.5. The molecule has 0 unspecified atom stereocenters. The Balaban J connectivity index is 1.92. The minimum Gasteiger partial charge on any atom is -0.143 e. The van der Waals surface area contributed by atoms with Gasteiger partial charge in [-0.15, -0.1) is 45.1 Å². The topological polar surface area (TPSA) is 0 Å². The summed E-state index contributed by atoms with van der Waals surface area (Å²) in [5, 5.41) is 4.80. The van der Waals surface area contributed by atoms with Crippen molar-refractivity contribution < 1.29 is 0 Å². The second-order valence-corrected chi connectivity index (χ2v) is 29.3. The van der Waals surface area contributed by atoms with Crippen LogP contribution in [0.4, 0.5) is 0 Å². The molecule has 0 radical (unpaired) electrons. The molecule has 4 aromatic rings. The van der Waals surface area contributed by atoms with E-state index >= 15 is 0 Å². The van der Waals surface area contributed by atoms with Gasteiger partial charge in [-0.3, -0.25) is 0 Å². The molecule has 1 aliphatic rings. The smallest absolute Gasteiger partial charge is 0.143 e. The predicted octanol–water partition coefficient (Wildman–Crippen LogP) is 14.3. The van der Waals surface area contributed by atoms with Crippen LogP contribution in [0.5, 0.6) is 0 Å². The zero-order valence-electron chi connectivity index (χ0n) is 30.0. The summed E-state index contributed by atoms with van der Waals surface area (Å²) in [5.74, 6) is 7.98. The third-order valence-electron chi connectivity index (χ3n) is 10.8. The van der Waals surface area contributed by atoms with Gasteiger partial charge in [-0.1, -0.05) is 119 Å². The van der Waals surface area contributed by atoms with Crippen LogP contribution in [0.3, 0.4) is 0 Å². The van der Waals surface area contributed by atoms with Gasteiger partial charge in [0.25, 0.3) is 0 Å². The molecule has 0 fully saturated rings. The first kappa shape index (κ1) is 35.2. The molecule has 0 saturated carbocycles. The highest BCUT2D eigenvalue weighted by Crippen LogP contribution is 2.48. The van der Waals surface area contributed by atoms with Crippen LogP contribution in [0, 0.1) is 22.9 Å². The summed E-state index contributed by atoms with van der Waals surface area (Å²) in [6.45, 7) is 29.0. The average Bonchev–Trinajstić information content (AvgIpc) is 3.79. The maximum atomic E-state index is 4.12. The summed E-state index contributed by atoms with van der Waals surface area (Å²) in [6, 6.07) is 9.33. The molecule has 0 atom stereocenters. The summed E-state index contributed by atoms with van der Waals surface area (Å²) < 4.78 is 2.65. The van der Waals surface area contributed by atoms with Crippen LogP contribution in [0.2, 0.25) is 33.2 Å². The van der Waals surface area contributed by atoms with E-state index in [2.05, 4.69) is 154 Å². The Bertz CT molecular complexity index is 1750. The molecular weight excluding hydrogens is 645 g/mol. The lowest BCUT2D eigenvalue weighted by atomic mass is 10.0. The van der Waals surface area contributed by atoms with Crippen molar-refractivity contribution in [2.45, 2.75) is 123 Å². The van der Waals surface area contributed by atoms with Crippen LogP contribution in [-0.4, -0.2) is 16.1 Å². The maximum absolute atomic E-state index is 4.12. The zero-order valence-corrected chi connectivity index (χ0v) is 34.5. The minimum absolute atomic E-state index is 0.593. The molecule has 3 aromatic heterocycles. The van der Waals surface area contributed by atoms with Crippen LogP contribution >= 0.6 is 34.0 Å². The summed E-state index contributed by atoms with van der Waals surface area (Å²) >= 11 is 5.69. The molecule has 1 aliphatic carbocycles. The van der Waals surface area contributed by atoms with E-state index in [1.807, 2.05) is 34.0 Å². The van der Waals surface area contributed by atoms with Crippen molar-refractivity contribution >= 4 is 75.9 Å². The summed E-state index contributed by atoms with van der Waals surface area (Å²) in [5.41, 5.74) is 15.7. The lowest BCUT2D eigenvalue weighted by Crippen LogP contribution is -2.43. The van der Waals surface area contributed by atoms with Crippen molar-refractivity contribution in [2.75, 3.05) is 0 Å². The largest absolute Gasteiger partial charge is 0.146 e. The van der Waals surface area contributed by atoms with Gasteiger partial charge in [0, 0.05) is 25.4 Å². The van der Waals surface area contributed by atoms with Gasteiger partial charge in [-0.25, -0.2) is 0 Å². The van der Waals surface area contributed by atoms with Gasteiger partial charge in [0.05, 0.1) is 20.5 Å². The summed E-state index contributed by atoms with van der Waals surface area (Å²) in [7, 11) is -3.87. The highest BCUT2D eigenvalue weighted by atomic mass is 32.1. The van der Waals surface area contributed by atoms with E-state index in [1.165, 1.54) is 51.5 Å². The monoisotopic (exact) mass is 696 g/mol. The molecule has 3 heterocycles. The molecule has 1 aromatic carbocycles. The Morgan fingerprint density at radius 2 is 1.07 bits per heavy atom. The molecule has 0 spiro atoms. The van der Waals surface area contributed by atoms with Crippen LogP contribution in [0.25, 0.3) is 35.5 Å². The van der Waals surface area contributed by atoms with E-state index in [0.717, 1.165) is 6.42 Å². The van der Waals surface area contributed by atoms with Gasteiger partial charge in [0.2, 0.25) is 0 Å². The molecule has 242 valence electrons. The molecule has 5 heteroatoms. The quantitative estimate of drug-likeness (QED) is 0.127. The van der Waals surface area contributed by atoms with Crippen molar-refractivity contribution in [3.05, 3.63) is 63.9 Å². The lowest BCUT2D eigenvalue weighted by Gasteiger charge is -2.38. The number of thiophene rings is 3. The highest BCUT2D eigenvalue weighted by molar-refractivity contribution is 7.26. The Morgan fingerprint density at radius 3 is 1.46 bits per heavy atom. The first-order chi connectivity index (χ1) is 21.7. The molecule has 0 saturated heterocycles. The fourth-order valence-corrected chi connectivity index (χ4v) is 22.2. The van der Waals surface area contributed by atoms with Gasteiger partial charge >= 0.3 is 0 Å². The van der Waals surface area contributed by atoms with Crippen molar-refractivity contribution in [3.8, 4) is 32.7 Å². The fourth-order valence-electron chi connectivity index (χ4n) is 8.55. The number of rotatable bonds is 8. The van der Waals surface area contributed by atoms with E-state index in [1.54, 1.807) is 0 Å². The molecular formula is C41H52S3Si2. The second kappa shape index (κ2) is 13.8. The third kappa shape index (κ3) is 6.01. The predicted molar refractivity (Wildman–Crippen MR) is 218 cm³/mol. The van der Waals surface area contributed by atoms with Crippen LogP contribution in [0.15, 0.2) is 47.9 Å². The molecule has 0 aliphatic heterocycles.